The Bertz CT molecular complexity index is 942. The van der Waals surface area contributed by atoms with Crippen LogP contribution in [0.4, 0.5) is 10.1 Å². The fourth-order valence-electron chi connectivity index (χ4n) is 2.41. The van der Waals surface area contributed by atoms with Crippen LogP contribution in [0.1, 0.15) is 5.56 Å². The molecule has 2 rings (SSSR count). The van der Waals surface area contributed by atoms with E-state index in [4.69, 9.17) is 11.6 Å². The molecule has 0 fully saturated rings. The number of nitrogens with one attached hydrogen (secondary N) is 1. The molecule has 2 aromatic rings. The first-order valence-electron chi connectivity index (χ1n) is 8.75. The SMILES string of the molecule is CN(C)S(=O)(=O)N(CC(=O)NCCSCc1cccc(Cl)c1)c1ccccc1F. The molecule has 0 radical (unpaired) electrons. The second-order valence-electron chi connectivity index (χ2n) is 6.28. The molecular weight excluding hydrogens is 437 g/mol. The van der Waals surface area contributed by atoms with Gasteiger partial charge in [0, 0.05) is 37.2 Å². The van der Waals surface area contributed by atoms with Gasteiger partial charge in [-0.3, -0.25) is 4.79 Å². The number of para-hydroxylation sites is 1. The lowest BCUT2D eigenvalue weighted by Gasteiger charge is -2.27. The van der Waals surface area contributed by atoms with E-state index in [0.717, 1.165) is 26.0 Å². The summed E-state index contributed by atoms with van der Waals surface area (Å²) >= 11 is 7.56. The predicted octanol–water partition coefficient (Wildman–Crippen LogP) is 3.14. The number of thioether (sulfide) groups is 1. The van der Waals surface area contributed by atoms with E-state index >= 15 is 0 Å². The van der Waals surface area contributed by atoms with Crippen molar-refractivity contribution >= 4 is 45.2 Å². The number of hydrogen-bond acceptors (Lipinski definition) is 4. The number of carbonyl (C=O) groups is 1. The third-order valence-electron chi connectivity index (χ3n) is 3.87. The highest BCUT2D eigenvalue weighted by Gasteiger charge is 2.29. The number of amides is 1. The fraction of sp³-hybridized carbons (Fsp3) is 0.316. The summed E-state index contributed by atoms with van der Waals surface area (Å²) in [5.41, 5.74) is 0.906. The van der Waals surface area contributed by atoms with Crippen molar-refractivity contribution in [3.63, 3.8) is 0 Å². The van der Waals surface area contributed by atoms with Crippen molar-refractivity contribution in [2.45, 2.75) is 5.75 Å². The average Bonchev–Trinajstić information content (AvgIpc) is 2.66. The first-order valence-corrected chi connectivity index (χ1v) is 11.7. The maximum Gasteiger partial charge on any atom is 0.304 e. The molecule has 2 aromatic carbocycles. The number of nitrogens with zero attached hydrogens (tertiary/aromatic N) is 2. The van der Waals surface area contributed by atoms with Gasteiger partial charge in [0.05, 0.1) is 5.69 Å². The molecule has 0 aliphatic heterocycles. The molecule has 0 aliphatic rings. The van der Waals surface area contributed by atoms with Gasteiger partial charge in [-0.2, -0.15) is 24.5 Å². The summed E-state index contributed by atoms with van der Waals surface area (Å²) in [5.74, 6) is 0.148. The van der Waals surface area contributed by atoms with E-state index < -0.39 is 28.5 Å². The summed E-state index contributed by atoms with van der Waals surface area (Å²) < 4.78 is 41.0. The van der Waals surface area contributed by atoms with E-state index in [0.29, 0.717) is 17.3 Å². The van der Waals surface area contributed by atoms with Crippen molar-refractivity contribution < 1.29 is 17.6 Å². The molecule has 29 heavy (non-hydrogen) atoms. The zero-order valence-electron chi connectivity index (χ0n) is 16.1. The molecule has 0 saturated carbocycles. The van der Waals surface area contributed by atoms with Crippen LogP contribution < -0.4 is 9.62 Å². The Morgan fingerprint density at radius 3 is 2.55 bits per heavy atom. The van der Waals surface area contributed by atoms with E-state index in [-0.39, 0.29) is 5.69 Å². The molecule has 6 nitrogen and oxygen atoms in total. The summed E-state index contributed by atoms with van der Waals surface area (Å²) in [5, 5.41) is 3.35. The van der Waals surface area contributed by atoms with Gasteiger partial charge >= 0.3 is 10.2 Å². The van der Waals surface area contributed by atoms with Crippen molar-refractivity contribution in [1.82, 2.24) is 9.62 Å². The molecule has 10 heteroatoms. The lowest BCUT2D eigenvalue weighted by molar-refractivity contribution is -0.119. The van der Waals surface area contributed by atoms with Gasteiger partial charge in [-0.1, -0.05) is 35.9 Å². The summed E-state index contributed by atoms with van der Waals surface area (Å²) in [6.45, 7) is -0.155. The van der Waals surface area contributed by atoms with E-state index in [1.54, 1.807) is 17.8 Å². The normalized spacial score (nSPS) is 11.5. The second kappa shape index (κ2) is 10.8. The smallest absolute Gasteiger partial charge is 0.304 e. The Morgan fingerprint density at radius 2 is 1.90 bits per heavy atom. The van der Waals surface area contributed by atoms with E-state index in [1.165, 1.54) is 32.3 Å². The van der Waals surface area contributed by atoms with Crippen LogP contribution in [0.15, 0.2) is 48.5 Å². The number of benzene rings is 2. The predicted molar refractivity (Wildman–Crippen MR) is 117 cm³/mol. The van der Waals surface area contributed by atoms with Gasteiger partial charge in [-0.15, -0.1) is 0 Å². The molecule has 1 N–H and O–H groups in total. The van der Waals surface area contributed by atoms with Crippen LogP contribution in [0.3, 0.4) is 0 Å². The van der Waals surface area contributed by atoms with Crippen molar-refractivity contribution in [1.29, 1.82) is 0 Å². The van der Waals surface area contributed by atoms with Crippen LogP contribution in [-0.4, -0.2) is 51.6 Å². The zero-order valence-corrected chi connectivity index (χ0v) is 18.5. The largest absolute Gasteiger partial charge is 0.354 e. The van der Waals surface area contributed by atoms with E-state index in [9.17, 15) is 17.6 Å². The lowest BCUT2D eigenvalue weighted by atomic mass is 10.2. The fourth-order valence-corrected chi connectivity index (χ4v) is 4.50. The van der Waals surface area contributed by atoms with Crippen LogP contribution in [0, 0.1) is 5.82 Å². The standard InChI is InChI=1S/C19H23ClFN3O3S2/c1-23(2)29(26,27)24(18-9-4-3-8-17(18)21)13-19(25)22-10-11-28-14-15-6-5-7-16(20)12-15/h3-9,12H,10-11,13-14H2,1-2H3,(H,22,25). The Morgan fingerprint density at radius 1 is 1.17 bits per heavy atom. The van der Waals surface area contributed by atoms with Gasteiger partial charge in [-0.25, -0.2) is 8.70 Å². The summed E-state index contributed by atoms with van der Waals surface area (Å²) in [6.07, 6.45) is 0. The molecule has 0 unspecified atom stereocenters. The van der Waals surface area contributed by atoms with E-state index in [2.05, 4.69) is 5.32 Å². The van der Waals surface area contributed by atoms with Gasteiger partial charge in [0.2, 0.25) is 5.91 Å². The molecule has 0 heterocycles. The van der Waals surface area contributed by atoms with Gasteiger partial charge < -0.3 is 5.32 Å². The monoisotopic (exact) mass is 459 g/mol. The Labute approximate surface area is 180 Å². The maximum absolute atomic E-state index is 14.2. The first-order chi connectivity index (χ1) is 13.7. The minimum absolute atomic E-state index is 0.174. The highest BCUT2D eigenvalue weighted by Crippen LogP contribution is 2.22. The quantitative estimate of drug-likeness (QED) is 0.554. The van der Waals surface area contributed by atoms with Crippen molar-refractivity contribution in [2.75, 3.05) is 37.2 Å². The molecule has 0 aliphatic carbocycles. The Hall–Kier alpha value is -1.81. The molecule has 0 aromatic heterocycles. The molecule has 0 saturated heterocycles. The molecular formula is C19H23ClFN3O3S2. The Balaban J connectivity index is 1.92. The third-order valence-corrected chi connectivity index (χ3v) is 6.95. The second-order valence-corrected chi connectivity index (χ2v) is 9.89. The molecule has 1 amide bonds. The highest BCUT2D eigenvalue weighted by molar-refractivity contribution is 7.98. The number of anilines is 1. The van der Waals surface area contributed by atoms with Gasteiger partial charge in [0.25, 0.3) is 0 Å². The van der Waals surface area contributed by atoms with Crippen LogP contribution in [0.25, 0.3) is 0 Å². The highest BCUT2D eigenvalue weighted by atomic mass is 35.5. The molecule has 0 spiro atoms. The summed E-state index contributed by atoms with van der Waals surface area (Å²) in [7, 11) is -1.38. The van der Waals surface area contributed by atoms with Gasteiger partial charge in [0.15, 0.2) is 0 Å². The lowest BCUT2D eigenvalue weighted by Crippen LogP contribution is -2.46. The van der Waals surface area contributed by atoms with Crippen LogP contribution in [0.5, 0.6) is 0 Å². The summed E-state index contributed by atoms with van der Waals surface area (Å²) in [4.78, 5) is 12.3. The third kappa shape index (κ3) is 6.88. The van der Waals surface area contributed by atoms with Crippen molar-refractivity contribution in [3.05, 3.63) is 64.9 Å². The van der Waals surface area contributed by atoms with Crippen LogP contribution in [-0.2, 0) is 20.8 Å². The topological polar surface area (TPSA) is 69.7 Å². The van der Waals surface area contributed by atoms with E-state index in [1.807, 2.05) is 18.2 Å². The number of carbonyl (C=O) groups excluding carboxylic acids is 1. The zero-order chi connectivity index (χ0) is 21.4. The van der Waals surface area contributed by atoms with Gasteiger partial charge in [-0.05, 0) is 29.8 Å². The van der Waals surface area contributed by atoms with Crippen molar-refractivity contribution in [3.8, 4) is 0 Å². The number of halogens is 2. The van der Waals surface area contributed by atoms with Gasteiger partial charge in [0.1, 0.15) is 12.4 Å². The minimum Gasteiger partial charge on any atom is -0.354 e. The molecule has 0 bridgehead atoms. The van der Waals surface area contributed by atoms with Crippen molar-refractivity contribution in [2.24, 2.45) is 0 Å². The number of rotatable bonds is 10. The first kappa shape index (κ1) is 23.5. The number of hydrogen-bond donors (Lipinski definition) is 1. The molecule has 158 valence electrons. The minimum atomic E-state index is -4.04. The molecule has 0 atom stereocenters. The van der Waals surface area contributed by atoms with Crippen LogP contribution >= 0.6 is 23.4 Å². The average molecular weight is 460 g/mol. The summed E-state index contributed by atoms with van der Waals surface area (Å²) in [6, 6.07) is 13.0. The maximum atomic E-state index is 14.2. The van der Waals surface area contributed by atoms with Crippen LogP contribution in [0.2, 0.25) is 5.02 Å². The Kier molecular flexibility index (Phi) is 8.76.